The van der Waals surface area contributed by atoms with E-state index in [9.17, 15) is 18.0 Å². The maximum absolute atomic E-state index is 13.6. The molecule has 0 bridgehead atoms. The van der Waals surface area contributed by atoms with Gasteiger partial charge >= 0.3 is 6.16 Å². The van der Waals surface area contributed by atoms with Crippen LogP contribution in [0.1, 0.15) is 88.0 Å². The maximum atomic E-state index is 13.6. The highest BCUT2D eigenvalue weighted by molar-refractivity contribution is 7.92. The Morgan fingerprint density at radius 3 is 2.36 bits per heavy atom. The third-order valence-electron chi connectivity index (χ3n) is 8.07. The zero-order valence-corrected chi connectivity index (χ0v) is 31.3. The molecular weight excluding hydrogens is 660 g/mol. The number of aryl methyl sites for hydroxylation is 1. The second kappa shape index (κ2) is 15.7. The number of carbonyl (C=O) groups is 2. The number of sulfonamides is 1. The standard InChI is InChI=1S/C37H50N4O8S/c1-24-12-13-26(34(42)39-30-21-27(36(2,3)4)22-31(33(30)46-8)40-50(9,44)45)20-32(24)47-29-14-16-38-28(23-29)19-25-11-10-17-41(18-15-25)49-35(43)48-37(5,6)7/h12-14,16,20-23,25,40H,10-11,15,17-19H2,1-9H3,(H,39,42). The topological polar surface area (TPSA) is 145 Å². The highest BCUT2D eigenvalue weighted by Gasteiger charge is 2.25. The van der Waals surface area contributed by atoms with Crippen molar-refractivity contribution in [3.05, 3.63) is 71.0 Å². The zero-order valence-electron chi connectivity index (χ0n) is 30.5. The molecule has 0 spiro atoms. The van der Waals surface area contributed by atoms with E-state index in [1.807, 2.05) is 39.8 Å². The number of aromatic nitrogens is 1. The Bertz CT molecular complexity index is 1800. The average Bonchev–Trinajstić information content (AvgIpc) is 3.20. The summed E-state index contributed by atoms with van der Waals surface area (Å²) in [6.45, 7) is 14.5. The van der Waals surface area contributed by atoms with Gasteiger partial charge in [0, 0.05) is 36.6 Å². The first kappa shape index (κ1) is 38.4. The number of methoxy groups -OCH3 is 1. The fourth-order valence-corrected chi connectivity index (χ4v) is 6.11. The minimum atomic E-state index is -3.62. The van der Waals surface area contributed by atoms with Crippen molar-refractivity contribution < 1.29 is 37.1 Å². The molecular formula is C37H50N4O8S. The largest absolute Gasteiger partial charge is 0.528 e. The van der Waals surface area contributed by atoms with Gasteiger partial charge < -0.3 is 24.4 Å². The molecule has 1 unspecified atom stereocenters. The monoisotopic (exact) mass is 710 g/mol. The molecule has 2 N–H and O–H groups in total. The van der Waals surface area contributed by atoms with Crippen LogP contribution in [0.25, 0.3) is 0 Å². The quantitative estimate of drug-likeness (QED) is 0.202. The number of carbonyl (C=O) groups excluding carboxylic acids is 2. The van der Waals surface area contributed by atoms with Gasteiger partial charge in [0.25, 0.3) is 5.91 Å². The number of hydrogen-bond donors (Lipinski definition) is 2. The van der Waals surface area contributed by atoms with E-state index in [4.69, 9.17) is 19.0 Å². The van der Waals surface area contributed by atoms with E-state index in [2.05, 4.69) is 15.0 Å². The lowest BCUT2D eigenvalue weighted by Crippen LogP contribution is -2.32. The van der Waals surface area contributed by atoms with Gasteiger partial charge in [-0.15, -0.1) is 5.06 Å². The van der Waals surface area contributed by atoms with Gasteiger partial charge in [-0.05, 0) is 106 Å². The molecule has 0 aliphatic carbocycles. The van der Waals surface area contributed by atoms with Crippen LogP contribution in [-0.4, -0.2) is 62.6 Å². The van der Waals surface area contributed by atoms with Crippen LogP contribution in [0.5, 0.6) is 17.2 Å². The molecule has 272 valence electrons. The predicted octanol–water partition coefficient (Wildman–Crippen LogP) is 7.62. The molecule has 12 nitrogen and oxygen atoms in total. The first-order valence-electron chi connectivity index (χ1n) is 16.7. The number of rotatable bonds is 10. The Morgan fingerprint density at radius 1 is 0.980 bits per heavy atom. The van der Waals surface area contributed by atoms with Crippen LogP contribution >= 0.6 is 0 Å². The van der Waals surface area contributed by atoms with Crippen molar-refractivity contribution in [1.82, 2.24) is 10.0 Å². The molecule has 3 aromatic rings. The van der Waals surface area contributed by atoms with Gasteiger partial charge in [-0.25, -0.2) is 13.2 Å². The molecule has 1 atom stereocenters. The maximum Gasteiger partial charge on any atom is 0.528 e. The lowest BCUT2D eigenvalue weighted by atomic mass is 9.86. The Kier molecular flexibility index (Phi) is 12.1. The smallest absolute Gasteiger partial charge is 0.492 e. The minimum Gasteiger partial charge on any atom is -0.492 e. The Morgan fingerprint density at radius 2 is 1.70 bits per heavy atom. The van der Waals surface area contributed by atoms with Crippen LogP contribution < -0.4 is 19.5 Å². The predicted molar refractivity (Wildman–Crippen MR) is 194 cm³/mol. The molecule has 1 fully saturated rings. The summed E-state index contributed by atoms with van der Waals surface area (Å²) in [5.74, 6) is 1.23. The molecule has 1 saturated heterocycles. The van der Waals surface area contributed by atoms with Crippen molar-refractivity contribution in [2.24, 2.45) is 5.92 Å². The van der Waals surface area contributed by atoms with Crippen LogP contribution in [0, 0.1) is 12.8 Å². The SMILES string of the molecule is COc1c(NC(=O)c2ccc(C)c(Oc3ccnc(CC4CCCN(OC(=O)OC(C)(C)C)CC4)c3)c2)cc(C(C)(C)C)cc1NS(C)(=O)=O. The van der Waals surface area contributed by atoms with Crippen molar-refractivity contribution in [2.45, 2.75) is 85.2 Å². The summed E-state index contributed by atoms with van der Waals surface area (Å²) in [6.07, 6.45) is 5.49. The Hall–Kier alpha value is -4.36. The molecule has 50 heavy (non-hydrogen) atoms. The Balaban J connectivity index is 1.47. The minimum absolute atomic E-state index is 0.196. The first-order chi connectivity index (χ1) is 23.3. The van der Waals surface area contributed by atoms with E-state index in [1.165, 1.54) is 7.11 Å². The number of anilines is 2. The van der Waals surface area contributed by atoms with E-state index < -0.39 is 27.7 Å². The van der Waals surface area contributed by atoms with Crippen molar-refractivity contribution in [3.63, 3.8) is 0 Å². The van der Waals surface area contributed by atoms with E-state index in [-0.39, 0.29) is 16.9 Å². The fraction of sp³-hybridized carbons (Fsp3) is 0.486. The van der Waals surface area contributed by atoms with Gasteiger partial charge in [-0.1, -0.05) is 26.8 Å². The molecule has 13 heteroatoms. The van der Waals surface area contributed by atoms with Gasteiger partial charge in [0.15, 0.2) is 5.75 Å². The number of benzene rings is 2. The molecule has 1 amide bonds. The van der Waals surface area contributed by atoms with Gasteiger partial charge in [0.05, 0.1) is 24.7 Å². The van der Waals surface area contributed by atoms with Gasteiger partial charge in [0.2, 0.25) is 10.0 Å². The second-order valence-electron chi connectivity index (χ2n) is 14.7. The fourth-order valence-electron chi connectivity index (χ4n) is 5.56. The van der Waals surface area contributed by atoms with Gasteiger partial charge in [0.1, 0.15) is 17.1 Å². The van der Waals surface area contributed by atoms with Crippen molar-refractivity contribution in [3.8, 4) is 17.2 Å². The van der Waals surface area contributed by atoms with Crippen molar-refractivity contribution in [1.29, 1.82) is 0 Å². The van der Waals surface area contributed by atoms with E-state index in [1.54, 1.807) is 62.4 Å². The third-order valence-corrected chi connectivity index (χ3v) is 8.66. The van der Waals surface area contributed by atoms with Crippen LogP contribution in [0.4, 0.5) is 16.2 Å². The summed E-state index contributed by atoms with van der Waals surface area (Å²) in [5.41, 5.74) is 2.46. The molecule has 2 heterocycles. The van der Waals surface area contributed by atoms with Crippen LogP contribution in [0.15, 0.2) is 48.7 Å². The Labute approximate surface area is 295 Å². The number of ether oxygens (including phenoxy) is 3. The van der Waals surface area contributed by atoms with E-state index in [0.29, 0.717) is 41.8 Å². The lowest BCUT2D eigenvalue weighted by molar-refractivity contribution is -0.141. The number of pyridine rings is 1. The van der Waals surface area contributed by atoms with Gasteiger partial charge in [-0.2, -0.15) is 0 Å². The number of amides is 1. The summed E-state index contributed by atoms with van der Waals surface area (Å²) in [5, 5.41) is 4.58. The van der Waals surface area contributed by atoms with Crippen LogP contribution in [-0.2, 0) is 31.4 Å². The molecule has 0 radical (unpaired) electrons. The highest BCUT2D eigenvalue weighted by Crippen LogP contribution is 2.39. The lowest BCUT2D eigenvalue weighted by Gasteiger charge is -2.24. The molecule has 1 aromatic heterocycles. The molecule has 4 rings (SSSR count). The molecule has 1 aliphatic heterocycles. The summed E-state index contributed by atoms with van der Waals surface area (Å²) in [4.78, 5) is 35.7. The normalized spacial score (nSPS) is 15.8. The molecule has 1 aliphatic rings. The zero-order chi connectivity index (χ0) is 36.9. The third kappa shape index (κ3) is 11.3. The highest BCUT2D eigenvalue weighted by atomic mass is 32.2. The number of nitrogens with zero attached hydrogens (tertiary/aromatic N) is 2. The number of hydrogen-bond acceptors (Lipinski definition) is 10. The average molecular weight is 711 g/mol. The number of hydroxylamine groups is 2. The molecule has 2 aromatic carbocycles. The summed E-state index contributed by atoms with van der Waals surface area (Å²) in [7, 11) is -2.20. The number of nitrogens with one attached hydrogen (secondary N) is 2. The van der Waals surface area contributed by atoms with Gasteiger partial charge in [-0.3, -0.25) is 14.5 Å². The summed E-state index contributed by atoms with van der Waals surface area (Å²) in [6, 6.07) is 12.4. The van der Waals surface area contributed by atoms with E-state index >= 15 is 0 Å². The molecule has 0 saturated carbocycles. The summed E-state index contributed by atoms with van der Waals surface area (Å²) >= 11 is 0. The first-order valence-corrected chi connectivity index (χ1v) is 18.6. The van der Waals surface area contributed by atoms with E-state index in [0.717, 1.165) is 48.8 Å². The van der Waals surface area contributed by atoms with Crippen molar-refractivity contribution in [2.75, 3.05) is 36.5 Å². The van der Waals surface area contributed by atoms with Crippen molar-refractivity contribution >= 4 is 33.5 Å². The summed E-state index contributed by atoms with van der Waals surface area (Å²) < 4.78 is 43.9. The second-order valence-corrected chi connectivity index (χ2v) is 16.5. The van der Waals surface area contributed by atoms with Crippen LogP contribution in [0.3, 0.4) is 0 Å². The van der Waals surface area contributed by atoms with Crippen LogP contribution in [0.2, 0.25) is 0 Å².